The van der Waals surface area contributed by atoms with Crippen molar-refractivity contribution in [1.29, 1.82) is 5.26 Å². The van der Waals surface area contributed by atoms with Crippen LogP contribution in [0.15, 0.2) is 0 Å². The Labute approximate surface area is 75.9 Å². The number of nitriles is 1. The van der Waals surface area contributed by atoms with E-state index < -0.39 is 17.4 Å². The normalized spacial score (nSPS) is 10.2. The third-order valence-corrected chi connectivity index (χ3v) is 2.15. The Balaban J connectivity index is 4.89. The molecule has 5 nitrogen and oxygen atoms in total. The summed E-state index contributed by atoms with van der Waals surface area (Å²) in [6, 6.07) is 0. The Morgan fingerprint density at radius 3 is 2.15 bits per heavy atom. The number of nitrogens with zero attached hydrogens (tertiary/aromatic N) is 1. The minimum Gasteiger partial charge on any atom is -0.480 e. The lowest BCUT2D eigenvalue weighted by Gasteiger charge is -2.21. The van der Waals surface area contributed by atoms with Crippen molar-refractivity contribution in [2.75, 3.05) is 0 Å². The minimum absolute atomic E-state index is 0.110. The van der Waals surface area contributed by atoms with E-state index in [9.17, 15) is 9.59 Å². The van der Waals surface area contributed by atoms with Gasteiger partial charge in [-0.2, -0.15) is 0 Å². The average Bonchev–Trinajstić information content (AvgIpc) is 2.07. The lowest BCUT2D eigenvalue weighted by Crippen LogP contribution is -2.39. The van der Waals surface area contributed by atoms with Crippen molar-refractivity contribution >= 4 is 11.9 Å². The van der Waals surface area contributed by atoms with Gasteiger partial charge in [0.05, 0.1) is 0 Å². The summed E-state index contributed by atoms with van der Waals surface area (Å²) in [6.45, 7) is 3.13. The fourth-order valence-electron chi connectivity index (χ4n) is 1.07. The predicted molar refractivity (Wildman–Crippen MR) is 42.4 cm³/mol. The molecule has 0 aromatic rings. The Kier molecular flexibility index (Phi) is 3.92. The van der Waals surface area contributed by atoms with Crippen molar-refractivity contribution in [3.8, 4) is 6.26 Å². The fraction of sp³-hybridized carbons (Fsp3) is 0.625. The fourth-order valence-corrected chi connectivity index (χ4v) is 1.07. The van der Waals surface area contributed by atoms with Crippen molar-refractivity contribution in [2.24, 2.45) is 5.41 Å². The first-order valence-corrected chi connectivity index (χ1v) is 3.89. The van der Waals surface area contributed by atoms with Gasteiger partial charge in [0.25, 0.3) is 6.26 Å². The maximum atomic E-state index is 11.1. The number of rotatable bonds is 4. The SMILES string of the molecule is CCC(CC)(C(=O)O)C(=O)OC#N. The van der Waals surface area contributed by atoms with Crippen LogP contribution in [0, 0.1) is 16.9 Å². The topological polar surface area (TPSA) is 87.4 Å². The molecule has 0 aromatic carbocycles. The number of carboxylic acid groups (broad SMARTS) is 1. The van der Waals surface area contributed by atoms with Gasteiger partial charge in [-0.1, -0.05) is 13.8 Å². The highest BCUT2D eigenvalue weighted by atomic mass is 16.5. The summed E-state index contributed by atoms with van der Waals surface area (Å²) in [5.74, 6) is -2.25. The molecule has 0 heterocycles. The van der Waals surface area contributed by atoms with E-state index in [0.29, 0.717) is 0 Å². The van der Waals surface area contributed by atoms with E-state index in [1.807, 2.05) is 0 Å². The van der Waals surface area contributed by atoms with Crippen LogP contribution in [-0.2, 0) is 14.3 Å². The number of hydrogen-bond acceptors (Lipinski definition) is 4. The molecule has 72 valence electrons. The highest BCUT2D eigenvalue weighted by Gasteiger charge is 2.44. The number of carbonyl (C=O) groups excluding carboxylic acids is 1. The van der Waals surface area contributed by atoms with Gasteiger partial charge < -0.3 is 9.84 Å². The smallest absolute Gasteiger partial charge is 0.338 e. The third kappa shape index (κ3) is 1.96. The monoisotopic (exact) mass is 185 g/mol. The first-order chi connectivity index (χ1) is 6.05. The van der Waals surface area contributed by atoms with Gasteiger partial charge in [-0.3, -0.25) is 4.79 Å². The summed E-state index contributed by atoms with van der Waals surface area (Å²) in [7, 11) is 0. The number of carboxylic acids is 1. The maximum absolute atomic E-state index is 11.1. The number of esters is 1. The van der Waals surface area contributed by atoms with Crippen LogP contribution in [0.3, 0.4) is 0 Å². The Bertz CT molecular complexity index is 249. The maximum Gasteiger partial charge on any atom is 0.338 e. The first-order valence-electron chi connectivity index (χ1n) is 3.89. The Morgan fingerprint density at radius 2 is 1.92 bits per heavy atom. The van der Waals surface area contributed by atoms with E-state index in [4.69, 9.17) is 10.4 Å². The summed E-state index contributed by atoms with van der Waals surface area (Å²) < 4.78 is 4.04. The van der Waals surface area contributed by atoms with E-state index in [2.05, 4.69) is 4.74 Å². The molecule has 0 aliphatic heterocycles. The predicted octanol–water partition coefficient (Wildman–Crippen LogP) is 0.902. The molecule has 0 bridgehead atoms. The van der Waals surface area contributed by atoms with Crippen LogP contribution in [0.2, 0.25) is 0 Å². The summed E-state index contributed by atoms with van der Waals surface area (Å²) in [5.41, 5.74) is -1.57. The van der Waals surface area contributed by atoms with Gasteiger partial charge in [-0.05, 0) is 12.8 Å². The highest BCUT2D eigenvalue weighted by Crippen LogP contribution is 2.28. The molecular weight excluding hydrogens is 174 g/mol. The van der Waals surface area contributed by atoms with E-state index in [0.717, 1.165) is 0 Å². The van der Waals surface area contributed by atoms with Gasteiger partial charge in [0, 0.05) is 0 Å². The molecule has 0 aromatic heterocycles. The van der Waals surface area contributed by atoms with Gasteiger partial charge >= 0.3 is 11.9 Å². The Morgan fingerprint density at radius 1 is 1.46 bits per heavy atom. The zero-order valence-electron chi connectivity index (χ0n) is 7.53. The van der Waals surface area contributed by atoms with Crippen LogP contribution < -0.4 is 0 Å². The average molecular weight is 185 g/mol. The van der Waals surface area contributed by atoms with Crippen molar-refractivity contribution in [1.82, 2.24) is 0 Å². The van der Waals surface area contributed by atoms with Crippen molar-refractivity contribution in [2.45, 2.75) is 26.7 Å². The minimum atomic E-state index is -1.57. The number of hydrogen-bond donors (Lipinski definition) is 1. The van der Waals surface area contributed by atoms with Gasteiger partial charge in [0.2, 0.25) is 0 Å². The molecule has 0 fully saturated rings. The Hall–Kier alpha value is -1.57. The molecule has 0 spiro atoms. The standard InChI is InChI=1S/C8H11NO4/c1-3-8(4-2,6(10)11)7(12)13-5-9/h3-4H2,1-2H3,(H,10,11). The molecule has 0 rings (SSSR count). The van der Waals surface area contributed by atoms with Crippen LogP contribution in [-0.4, -0.2) is 17.0 Å². The molecule has 0 unspecified atom stereocenters. The molecule has 5 heteroatoms. The van der Waals surface area contributed by atoms with Crippen molar-refractivity contribution in [3.05, 3.63) is 0 Å². The van der Waals surface area contributed by atoms with Crippen LogP contribution in [0.4, 0.5) is 0 Å². The van der Waals surface area contributed by atoms with Crippen LogP contribution in [0.5, 0.6) is 0 Å². The van der Waals surface area contributed by atoms with Crippen LogP contribution in [0.25, 0.3) is 0 Å². The van der Waals surface area contributed by atoms with Gasteiger partial charge in [0.1, 0.15) is 0 Å². The quantitative estimate of drug-likeness (QED) is 0.399. The number of ether oxygens (including phenoxy) is 1. The lowest BCUT2D eigenvalue weighted by atomic mass is 9.82. The van der Waals surface area contributed by atoms with Crippen LogP contribution in [0.1, 0.15) is 26.7 Å². The zero-order chi connectivity index (χ0) is 10.5. The molecule has 1 N–H and O–H groups in total. The van der Waals surface area contributed by atoms with E-state index in [1.165, 1.54) is 6.26 Å². The molecule has 0 saturated heterocycles. The first kappa shape index (κ1) is 11.4. The van der Waals surface area contributed by atoms with E-state index in [1.54, 1.807) is 13.8 Å². The summed E-state index contributed by atoms with van der Waals surface area (Å²) in [5, 5.41) is 16.9. The lowest BCUT2D eigenvalue weighted by molar-refractivity contribution is -0.165. The highest BCUT2D eigenvalue weighted by molar-refractivity contribution is 5.99. The van der Waals surface area contributed by atoms with E-state index >= 15 is 0 Å². The second kappa shape index (κ2) is 4.45. The largest absolute Gasteiger partial charge is 0.480 e. The van der Waals surface area contributed by atoms with Crippen molar-refractivity contribution in [3.63, 3.8) is 0 Å². The second-order valence-corrected chi connectivity index (χ2v) is 2.58. The van der Waals surface area contributed by atoms with Crippen LogP contribution >= 0.6 is 0 Å². The molecule has 0 saturated carbocycles. The zero-order valence-corrected chi connectivity index (χ0v) is 7.53. The third-order valence-electron chi connectivity index (χ3n) is 2.15. The molecule has 13 heavy (non-hydrogen) atoms. The number of aliphatic carboxylic acids is 1. The molecule has 0 amide bonds. The molecule has 0 radical (unpaired) electrons. The van der Waals surface area contributed by atoms with Gasteiger partial charge in [-0.15, -0.1) is 5.26 Å². The second-order valence-electron chi connectivity index (χ2n) is 2.58. The summed E-state index contributed by atoms with van der Waals surface area (Å²) in [4.78, 5) is 21.9. The number of carbonyl (C=O) groups is 2. The molecule has 0 aliphatic carbocycles. The summed E-state index contributed by atoms with van der Waals surface area (Å²) in [6.07, 6.45) is 1.40. The molecule has 0 aliphatic rings. The molecular formula is C8H11NO4. The van der Waals surface area contributed by atoms with E-state index in [-0.39, 0.29) is 12.8 Å². The molecule has 0 atom stereocenters. The van der Waals surface area contributed by atoms with Crippen molar-refractivity contribution < 1.29 is 19.4 Å². The van der Waals surface area contributed by atoms with Gasteiger partial charge in [-0.25, -0.2) is 4.79 Å². The van der Waals surface area contributed by atoms with Gasteiger partial charge in [0.15, 0.2) is 5.41 Å². The summed E-state index contributed by atoms with van der Waals surface area (Å²) >= 11 is 0.